The minimum Gasteiger partial charge on any atom is -0.326 e. The minimum atomic E-state index is -3.17. The number of sulfonamides is 1. The van der Waals surface area contributed by atoms with Crippen LogP contribution in [0.25, 0.3) is 0 Å². The molecule has 6 heteroatoms. The van der Waals surface area contributed by atoms with Crippen LogP contribution in [0, 0.1) is 5.92 Å². The number of nitrogens with zero attached hydrogens (tertiary/aromatic N) is 1. The first-order chi connectivity index (χ1) is 9.83. The quantitative estimate of drug-likeness (QED) is 0.925. The SMILES string of the molecule is CCS(=O)(=O)N1CCc2ccc(NC(=O)C(C)C)cc2C1. The molecule has 21 heavy (non-hydrogen) atoms. The molecule has 0 atom stereocenters. The van der Waals surface area contributed by atoms with Crippen LogP contribution < -0.4 is 5.32 Å². The van der Waals surface area contributed by atoms with Crippen molar-refractivity contribution in [3.8, 4) is 0 Å². The fourth-order valence-electron chi connectivity index (χ4n) is 2.32. The molecule has 0 fully saturated rings. The van der Waals surface area contributed by atoms with Gasteiger partial charge in [-0.2, -0.15) is 4.31 Å². The number of nitrogens with one attached hydrogen (secondary N) is 1. The Hall–Kier alpha value is -1.40. The van der Waals surface area contributed by atoms with E-state index in [1.54, 1.807) is 6.92 Å². The van der Waals surface area contributed by atoms with E-state index in [1.165, 1.54) is 4.31 Å². The fraction of sp³-hybridized carbons (Fsp3) is 0.533. The monoisotopic (exact) mass is 310 g/mol. The van der Waals surface area contributed by atoms with E-state index in [0.29, 0.717) is 19.5 Å². The topological polar surface area (TPSA) is 66.5 Å². The van der Waals surface area contributed by atoms with Crippen molar-refractivity contribution in [3.05, 3.63) is 29.3 Å². The highest BCUT2D eigenvalue weighted by molar-refractivity contribution is 7.89. The average Bonchev–Trinajstić information content (AvgIpc) is 2.46. The van der Waals surface area contributed by atoms with Gasteiger partial charge < -0.3 is 5.32 Å². The smallest absolute Gasteiger partial charge is 0.226 e. The number of benzene rings is 1. The molecule has 0 unspecified atom stereocenters. The molecule has 0 radical (unpaired) electrons. The van der Waals surface area contributed by atoms with E-state index in [1.807, 2.05) is 32.0 Å². The van der Waals surface area contributed by atoms with Gasteiger partial charge in [-0.3, -0.25) is 4.79 Å². The lowest BCUT2D eigenvalue weighted by Crippen LogP contribution is -2.36. The number of anilines is 1. The first-order valence-corrected chi connectivity index (χ1v) is 8.85. The zero-order valence-corrected chi connectivity index (χ0v) is 13.5. The van der Waals surface area contributed by atoms with E-state index >= 15 is 0 Å². The Kier molecular flexibility index (Phi) is 4.68. The molecule has 0 aromatic heterocycles. The van der Waals surface area contributed by atoms with Crippen molar-refractivity contribution in [1.82, 2.24) is 4.31 Å². The van der Waals surface area contributed by atoms with Crippen molar-refractivity contribution in [2.75, 3.05) is 17.6 Å². The molecule has 1 aliphatic rings. The van der Waals surface area contributed by atoms with Crippen molar-refractivity contribution in [2.45, 2.75) is 33.7 Å². The summed E-state index contributed by atoms with van der Waals surface area (Å²) in [6.07, 6.45) is 0.715. The Labute approximate surface area is 126 Å². The first kappa shape index (κ1) is 16.0. The van der Waals surface area contributed by atoms with E-state index in [0.717, 1.165) is 16.8 Å². The zero-order chi connectivity index (χ0) is 15.6. The molecule has 2 rings (SSSR count). The number of hydrogen-bond acceptors (Lipinski definition) is 3. The number of fused-ring (bicyclic) bond motifs is 1. The van der Waals surface area contributed by atoms with Crippen LogP contribution in [0.1, 0.15) is 31.9 Å². The van der Waals surface area contributed by atoms with Crippen LogP contribution in [0.4, 0.5) is 5.69 Å². The minimum absolute atomic E-state index is 0.0382. The molecule has 5 nitrogen and oxygen atoms in total. The van der Waals surface area contributed by atoms with E-state index < -0.39 is 10.0 Å². The zero-order valence-electron chi connectivity index (χ0n) is 12.7. The van der Waals surface area contributed by atoms with Crippen LogP contribution in [0.2, 0.25) is 0 Å². The van der Waals surface area contributed by atoms with E-state index in [4.69, 9.17) is 0 Å². The summed E-state index contributed by atoms with van der Waals surface area (Å²) in [6, 6.07) is 5.73. The highest BCUT2D eigenvalue weighted by atomic mass is 32.2. The summed E-state index contributed by atoms with van der Waals surface area (Å²) < 4.78 is 25.5. The summed E-state index contributed by atoms with van der Waals surface area (Å²) in [5.74, 6) is -0.00617. The van der Waals surface area contributed by atoms with Gasteiger partial charge in [0.2, 0.25) is 15.9 Å². The second-order valence-corrected chi connectivity index (χ2v) is 7.87. The lowest BCUT2D eigenvalue weighted by Gasteiger charge is -2.28. The van der Waals surface area contributed by atoms with Crippen LogP contribution in [0.15, 0.2) is 18.2 Å². The predicted molar refractivity (Wildman–Crippen MR) is 83.5 cm³/mol. The van der Waals surface area contributed by atoms with Crippen LogP contribution >= 0.6 is 0 Å². The Bertz CT molecular complexity index is 638. The molecule has 0 bridgehead atoms. The second kappa shape index (κ2) is 6.15. The maximum atomic E-state index is 12.0. The standard InChI is InChI=1S/C15H22N2O3S/c1-4-21(19,20)17-8-7-12-5-6-14(9-13(12)10-17)16-15(18)11(2)3/h5-6,9,11H,4,7-8,10H2,1-3H3,(H,16,18). The molecule has 1 aliphatic heterocycles. The molecule has 1 heterocycles. The summed E-state index contributed by atoms with van der Waals surface area (Å²) in [7, 11) is -3.17. The van der Waals surface area contributed by atoms with Gasteiger partial charge >= 0.3 is 0 Å². The Balaban J connectivity index is 2.20. The third-order valence-corrected chi connectivity index (χ3v) is 5.56. The molecule has 0 saturated carbocycles. The predicted octanol–water partition coefficient (Wildman–Crippen LogP) is 1.99. The average molecular weight is 310 g/mol. The maximum Gasteiger partial charge on any atom is 0.226 e. The summed E-state index contributed by atoms with van der Waals surface area (Å²) in [5, 5.41) is 2.85. The van der Waals surface area contributed by atoms with Crippen molar-refractivity contribution < 1.29 is 13.2 Å². The van der Waals surface area contributed by atoms with Crippen molar-refractivity contribution >= 4 is 21.6 Å². The van der Waals surface area contributed by atoms with Gasteiger partial charge in [-0.15, -0.1) is 0 Å². The van der Waals surface area contributed by atoms with Gasteiger partial charge in [-0.05, 0) is 36.6 Å². The van der Waals surface area contributed by atoms with Gasteiger partial charge in [0.05, 0.1) is 5.75 Å². The number of rotatable bonds is 4. The lowest BCUT2D eigenvalue weighted by molar-refractivity contribution is -0.118. The maximum absolute atomic E-state index is 12.0. The van der Waals surface area contributed by atoms with Crippen LogP contribution in [0.5, 0.6) is 0 Å². The summed E-state index contributed by atoms with van der Waals surface area (Å²) in [4.78, 5) is 11.7. The number of amides is 1. The van der Waals surface area contributed by atoms with Crippen LogP contribution in [0.3, 0.4) is 0 Å². The van der Waals surface area contributed by atoms with Gasteiger partial charge in [0.15, 0.2) is 0 Å². The summed E-state index contributed by atoms with van der Waals surface area (Å²) >= 11 is 0. The lowest BCUT2D eigenvalue weighted by atomic mass is 10.0. The molecular formula is C15H22N2O3S. The first-order valence-electron chi connectivity index (χ1n) is 7.24. The van der Waals surface area contributed by atoms with Gasteiger partial charge in [-0.25, -0.2) is 8.42 Å². The van der Waals surface area contributed by atoms with Crippen LogP contribution in [-0.2, 0) is 27.8 Å². The second-order valence-electron chi connectivity index (χ2n) is 5.61. The Morgan fingerprint density at radius 2 is 2.05 bits per heavy atom. The molecule has 0 aliphatic carbocycles. The van der Waals surface area contributed by atoms with E-state index in [9.17, 15) is 13.2 Å². The van der Waals surface area contributed by atoms with Gasteiger partial charge in [-0.1, -0.05) is 19.9 Å². The van der Waals surface area contributed by atoms with Gasteiger partial charge in [0, 0.05) is 24.7 Å². The van der Waals surface area contributed by atoms with E-state index in [2.05, 4.69) is 5.32 Å². The van der Waals surface area contributed by atoms with E-state index in [-0.39, 0.29) is 17.6 Å². The molecule has 1 amide bonds. The molecule has 0 spiro atoms. The molecule has 1 aromatic carbocycles. The highest BCUT2D eigenvalue weighted by Gasteiger charge is 2.25. The summed E-state index contributed by atoms with van der Waals surface area (Å²) in [5.41, 5.74) is 2.85. The van der Waals surface area contributed by atoms with Gasteiger partial charge in [0.25, 0.3) is 0 Å². The third kappa shape index (κ3) is 3.63. The Morgan fingerprint density at radius 1 is 1.33 bits per heavy atom. The van der Waals surface area contributed by atoms with Gasteiger partial charge in [0.1, 0.15) is 0 Å². The van der Waals surface area contributed by atoms with Crippen LogP contribution in [-0.4, -0.2) is 30.9 Å². The molecule has 116 valence electrons. The van der Waals surface area contributed by atoms with Crippen molar-refractivity contribution in [3.63, 3.8) is 0 Å². The Morgan fingerprint density at radius 3 is 2.67 bits per heavy atom. The normalized spacial score (nSPS) is 15.8. The third-order valence-electron chi connectivity index (χ3n) is 3.73. The van der Waals surface area contributed by atoms with Crippen molar-refractivity contribution in [2.24, 2.45) is 5.92 Å². The summed E-state index contributed by atoms with van der Waals surface area (Å²) in [6.45, 7) is 6.24. The molecular weight excluding hydrogens is 288 g/mol. The molecule has 1 N–H and O–H groups in total. The number of hydrogen-bond donors (Lipinski definition) is 1. The number of carbonyl (C=O) groups excluding carboxylic acids is 1. The highest BCUT2D eigenvalue weighted by Crippen LogP contribution is 2.24. The number of carbonyl (C=O) groups is 1. The fourth-order valence-corrected chi connectivity index (χ4v) is 3.39. The molecule has 1 aromatic rings. The largest absolute Gasteiger partial charge is 0.326 e. The molecule has 0 saturated heterocycles. The van der Waals surface area contributed by atoms with Crippen molar-refractivity contribution in [1.29, 1.82) is 0 Å².